The van der Waals surface area contributed by atoms with Crippen LogP contribution < -0.4 is 10.1 Å². The van der Waals surface area contributed by atoms with Gasteiger partial charge in [0, 0.05) is 30.7 Å². The van der Waals surface area contributed by atoms with Crippen molar-refractivity contribution in [2.45, 2.75) is 50.2 Å². The van der Waals surface area contributed by atoms with Crippen molar-refractivity contribution >= 4 is 5.91 Å². The molecular formula is C16H19F3N2O2. The van der Waals surface area contributed by atoms with E-state index in [1.54, 1.807) is 11.9 Å². The zero-order valence-corrected chi connectivity index (χ0v) is 12.8. The highest BCUT2D eigenvalue weighted by atomic mass is 19.4. The largest absolute Gasteiger partial charge is 0.573 e. The van der Waals surface area contributed by atoms with Crippen LogP contribution in [0.15, 0.2) is 24.3 Å². The van der Waals surface area contributed by atoms with Gasteiger partial charge in [0.25, 0.3) is 5.91 Å². The molecule has 1 aromatic carbocycles. The SMILES string of the molecule is CN(C(=O)c1cccc(OC(F)(F)F)c1)C1CC2CCC(C1)N2. The fraction of sp³-hybridized carbons (Fsp3) is 0.562. The van der Waals surface area contributed by atoms with Crippen LogP contribution in [0.4, 0.5) is 13.2 Å². The van der Waals surface area contributed by atoms with Crippen molar-refractivity contribution in [1.82, 2.24) is 10.2 Å². The maximum atomic E-state index is 12.6. The Morgan fingerprint density at radius 3 is 2.52 bits per heavy atom. The number of ether oxygens (including phenoxy) is 1. The molecule has 0 spiro atoms. The number of benzene rings is 1. The summed E-state index contributed by atoms with van der Waals surface area (Å²) in [5.74, 6) is -0.647. The van der Waals surface area contributed by atoms with Crippen LogP contribution in [0.5, 0.6) is 5.75 Å². The number of hydrogen-bond acceptors (Lipinski definition) is 3. The number of rotatable bonds is 3. The number of nitrogens with one attached hydrogen (secondary N) is 1. The highest BCUT2D eigenvalue weighted by molar-refractivity contribution is 5.94. The lowest BCUT2D eigenvalue weighted by Crippen LogP contribution is -2.48. The molecule has 2 saturated heterocycles. The molecular weight excluding hydrogens is 309 g/mol. The molecule has 7 heteroatoms. The topological polar surface area (TPSA) is 41.6 Å². The number of hydrogen-bond donors (Lipinski definition) is 1. The smallest absolute Gasteiger partial charge is 0.406 e. The summed E-state index contributed by atoms with van der Waals surface area (Å²) in [6.45, 7) is 0. The molecule has 2 atom stereocenters. The van der Waals surface area contributed by atoms with Gasteiger partial charge in [0.15, 0.2) is 0 Å². The molecule has 2 heterocycles. The highest BCUT2D eigenvalue weighted by Crippen LogP contribution is 2.30. The van der Waals surface area contributed by atoms with E-state index >= 15 is 0 Å². The van der Waals surface area contributed by atoms with Crippen LogP contribution in [0, 0.1) is 0 Å². The van der Waals surface area contributed by atoms with Crippen LogP contribution >= 0.6 is 0 Å². The molecule has 126 valence electrons. The van der Waals surface area contributed by atoms with Gasteiger partial charge in [-0.2, -0.15) is 0 Å². The molecule has 2 bridgehead atoms. The first kappa shape index (κ1) is 16.1. The van der Waals surface area contributed by atoms with E-state index in [1.807, 2.05) is 0 Å². The third kappa shape index (κ3) is 3.77. The van der Waals surface area contributed by atoms with Crippen molar-refractivity contribution in [3.63, 3.8) is 0 Å². The Morgan fingerprint density at radius 2 is 1.91 bits per heavy atom. The molecule has 3 rings (SSSR count). The summed E-state index contributed by atoms with van der Waals surface area (Å²) in [6.07, 6.45) is -0.743. The van der Waals surface area contributed by atoms with Crippen LogP contribution in [0.25, 0.3) is 0 Å². The summed E-state index contributed by atoms with van der Waals surface area (Å²) in [7, 11) is 1.72. The minimum atomic E-state index is -4.76. The Hall–Kier alpha value is -1.76. The second kappa shape index (κ2) is 6.03. The Bertz CT molecular complexity index is 579. The first-order valence-electron chi connectivity index (χ1n) is 7.71. The lowest BCUT2D eigenvalue weighted by atomic mass is 9.98. The van der Waals surface area contributed by atoms with Crippen molar-refractivity contribution in [2.24, 2.45) is 0 Å². The van der Waals surface area contributed by atoms with Crippen LogP contribution in [-0.2, 0) is 0 Å². The molecule has 0 aromatic heterocycles. The third-order valence-electron chi connectivity index (χ3n) is 4.63. The van der Waals surface area contributed by atoms with E-state index in [2.05, 4.69) is 10.1 Å². The van der Waals surface area contributed by atoms with Crippen LogP contribution in [0.2, 0.25) is 0 Å². The number of carbonyl (C=O) groups excluding carboxylic acids is 1. The zero-order chi connectivity index (χ0) is 16.6. The van der Waals surface area contributed by atoms with E-state index < -0.39 is 6.36 Å². The summed E-state index contributed by atoms with van der Waals surface area (Å²) in [5, 5.41) is 3.51. The molecule has 0 radical (unpaired) electrons. The van der Waals surface area contributed by atoms with Gasteiger partial charge in [-0.05, 0) is 43.9 Å². The minimum Gasteiger partial charge on any atom is -0.406 e. The number of alkyl halides is 3. The quantitative estimate of drug-likeness (QED) is 0.927. The number of nitrogens with zero attached hydrogens (tertiary/aromatic N) is 1. The van der Waals surface area contributed by atoms with Gasteiger partial charge in [0.2, 0.25) is 0 Å². The summed E-state index contributed by atoms with van der Waals surface area (Å²) in [5.41, 5.74) is 0.208. The predicted octanol–water partition coefficient (Wildman–Crippen LogP) is 2.94. The van der Waals surface area contributed by atoms with E-state index in [4.69, 9.17) is 0 Å². The maximum absolute atomic E-state index is 12.6. The average Bonchev–Trinajstić information content (AvgIpc) is 2.82. The van der Waals surface area contributed by atoms with Crippen molar-refractivity contribution in [3.05, 3.63) is 29.8 Å². The van der Waals surface area contributed by atoms with E-state index in [0.717, 1.165) is 31.7 Å². The van der Waals surface area contributed by atoms with Gasteiger partial charge in [-0.25, -0.2) is 0 Å². The summed E-state index contributed by atoms with van der Waals surface area (Å²) < 4.78 is 40.8. The molecule has 1 amide bonds. The molecule has 1 N–H and O–H groups in total. The lowest BCUT2D eigenvalue weighted by Gasteiger charge is -2.35. The van der Waals surface area contributed by atoms with Gasteiger partial charge in [0.1, 0.15) is 5.75 Å². The molecule has 23 heavy (non-hydrogen) atoms. The maximum Gasteiger partial charge on any atom is 0.573 e. The number of piperidine rings is 1. The predicted molar refractivity (Wildman–Crippen MR) is 78.2 cm³/mol. The summed E-state index contributed by atoms with van der Waals surface area (Å²) >= 11 is 0. The molecule has 0 aliphatic carbocycles. The molecule has 4 nitrogen and oxygen atoms in total. The third-order valence-corrected chi connectivity index (χ3v) is 4.63. The molecule has 2 fully saturated rings. The molecule has 2 aliphatic rings. The number of fused-ring (bicyclic) bond motifs is 2. The minimum absolute atomic E-state index is 0.119. The van der Waals surface area contributed by atoms with Gasteiger partial charge >= 0.3 is 6.36 Å². The second-order valence-corrected chi connectivity index (χ2v) is 6.25. The Labute approximate surface area is 132 Å². The zero-order valence-electron chi connectivity index (χ0n) is 12.8. The van der Waals surface area contributed by atoms with Gasteiger partial charge < -0.3 is 15.0 Å². The fourth-order valence-electron chi connectivity index (χ4n) is 3.54. The number of halogens is 3. The Balaban J connectivity index is 1.71. The Kier molecular flexibility index (Phi) is 4.23. The van der Waals surface area contributed by atoms with E-state index in [9.17, 15) is 18.0 Å². The van der Waals surface area contributed by atoms with Crippen molar-refractivity contribution in [1.29, 1.82) is 0 Å². The van der Waals surface area contributed by atoms with E-state index in [0.29, 0.717) is 12.1 Å². The van der Waals surface area contributed by atoms with Crippen LogP contribution in [-0.4, -0.2) is 42.3 Å². The number of amides is 1. The van der Waals surface area contributed by atoms with Gasteiger partial charge in [-0.15, -0.1) is 13.2 Å². The molecule has 1 aromatic rings. The van der Waals surface area contributed by atoms with Gasteiger partial charge in [-0.1, -0.05) is 6.07 Å². The van der Waals surface area contributed by atoms with Crippen molar-refractivity contribution in [2.75, 3.05) is 7.05 Å². The highest BCUT2D eigenvalue weighted by Gasteiger charge is 2.36. The van der Waals surface area contributed by atoms with Gasteiger partial charge in [0.05, 0.1) is 0 Å². The van der Waals surface area contributed by atoms with E-state index in [-0.39, 0.29) is 23.3 Å². The first-order chi connectivity index (χ1) is 10.8. The van der Waals surface area contributed by atoms with Crippen LogP contribution in [0.3, 0.4) is 0 Å². The standard InChI is InChI=1S/C16H19F3N2O2/c1-21(13-8-11-5-6-12(9-13)20-11)15(22)10-3-2-4-14(7-10)23-16(17,18)19/h2-4,7,11-13,20H,5-6,8-9H2,1H3. The molecule has 2 unspecified atom stereocenters. The van der Waals surface area contributed by atoms with Gasteiger partial charge in [-0.3, -0.25) is 4.79 Å². The molecule has 0 saturated carbocycles. The lowest BCUT2D eigenvalue weighted by molar-refractivity contribution is -0.274. The molecule has 2 aliphatic heterocycles. The summed E-state index contributed by atoms with van der Waals surface area (Å²) in [4.78, 5) is 14.2. The fourth-order valence-corrected chi connectivity index (χ4v) is 3.54. The van der Waals surface area contributed by atoms with Crippen molar-refractivity contribution in [3.8, 4) is 5.75 Å². The summed E-state index contributed by atoms with van der Waals surface area (Å²) in [6, 6.07) is 6.24. The van der Waals surface area contributed by atoms with Crippen LogP contribution in [0.1, 0.15) is 36.0 Å². The monoisotopic (exact) mass is 328 g/mol. The second-order valence-electron chi connectivity index (χ2n) is 6.25. The Morgan fingerprint density at radius 1 is 1.26 bits per heavy atom. The average molecular weight is 328 g/mol. The van der Waals surface area contributed by atoms with E-state index in [1.165, 1.54) is 18.2 Å². The normalized spacial score (nSPS) is 26.9. The first-order valence-corrected chi connectivity index (χ1v) is 7.71. The number of carbonyl (C=O) groups is 1. The van der Waals surface area contributed by atoms with Crippen molar-refractivity contribution < 1.29 is 22.7 Å².